The molecule has 0 fully saturated rings. The Morgan fingerprint density at radius 3 is 2.70 bits per heavy atom. The van der Waals surface area contributed by atoms with E-state index in [4.69, 9.17) is 9.47 Å². The summed E-state index contributed by atoms with van der Waals surface area (Å²) in [6.45, 7) is 6.50. The molecular weight excluding hydrogens is 378 g/mol. The first-order valence-electron chi connectivity index (χ1n) is 9.94. The minimum absolute atomic E-state index is 0.0343. The van der Waals surface area contributed by atoms with Crippen molar-refractivity contribution in [2.24, 2.45) is 0 Å². The fourth-order valence-electron chi connectivity index (χ4n) is 3.48. The van der Waals surface area contributed by atoms with Gasteiger partial charge in [0.15, 0.2) is 11.5 Å². The molecule has 1 unspecified atom stereocenters. The average Bonchev–Trinajstić information content (AvgIpc) is 3.29. The summed E-state index contributed by atoms with van der Waals surface area (Å²) in [5.41, 5.74) is 4.13. The lowest BCUT2D eigenvalue weighted by atomic mass is 10.0. The summed E-state index contributed by atoms with van der Waals surface area (Å²) in [6, 6.07) is 12.3. The molecule has 0 aliphatic carbocycles. The van der Waals surface area contributed by atoms with E-state index in [-0.39, 0.29) is 6.04 Å². The van der Waals surface area contributed by atoms with Gasteiger partial charge in [-0.3, -0.25) is 5.10 Å². The van der Waals surface area contributed by atoms with Gasteiger partial charge >= 0.3 is 0 Å². The molecule has 7 nitrogen and oxygen atoms in total. The maximum Gasteiger partial charge on any atom is 0.162 e. The van der Waals surface area contributed by atoms with Crippen LogP contribution in [-0.4, -0.2) is 33.9 Å². The number of aromatic amines is 1. The summed E-state index contributed by atoms with van der Waals surface area (Å²) in [5.74, 6) is 2.80. The molecule has 2 aromatic heterocycles. The van der Waals surface area contributed by atoms with Crippen LogP contribution < -0.4 is 14.8 Å². The highest BCUT2D eigenvalue weighted by Gasteiger charge is 2.15. The van der Waals surface area contributed by atoms with Crippen molar-refractivity contribution in [2.75, 3.05) is 19.0 Å². The largest absolute Gasteiger partial charge is 0.493 e. The predicted octanol–water partition coefficient (Wildman–Crippen LogP) is 4.91. The monoisotopic (exact) mass is 403 g/mol. The van der Waals surface area contributed by atoms with Gasteiger partial charge in [0.25, 0.3) is 0 Å². The van der Waals surface area contributed by atoms with Crippen molar-refractivity contribution in [3.8, 4) is 22.6 Å². The highest BCUT2D eigenvalue weighted by atomic mass is 16.5. The first kappa shape index (κ1) is 19.7. The van der Waals surface area contributed by atoms with Gasteiger partial charge in [0.2, 0.25) is 0 Å². The molecule has 0 saturated carbocycles. The Bertz CT molecular complexity index is 1160. The third-order valence-corrected chi connectivity index (χ3v) is 4.96. The number of nitrogens with one attached hydrogen (secondary N) is 2. The molecule has 4 rings (SSSR count). The molecule has 0 bridgehead atoms. The molecule has 2 N–H and O–H groups in total. The lowest BCUT2D eigenvalue weighted by Gasteiger charge is -2.18. The number of fused-ring (bicyclic) bond motifs is 1. The number of hydrogen-bond donors (Lipinski definition) is 2. The van der Waals surface area contributed by atoms with Gasteiger partial charge in [-0.05, 0) is 44.0 Å². The summed E-state index contributed by atoms with van der Waals surface area (Å²) < 4.78 is 11.2. The minimum Gasteiger partial charge on any atom is -0.493 e. The van der Waals surface area contributed by atoms with Crippen LogP contribution in [0.5, 0.6) is 11.5 Å². The summed E-state index contributed by atoms with van der Waals surface area (Å²) >= 11 is 0. The smallest absolute Gasteiger partial charge is 0.162 e. The van der Waals surface area contributed by atoms with Crippen molar-refractivity contribution in [1.82, 2.24) is 20.2 Å². The van der Waals surface area contributed by atoms with Crippen LogP contribution in [0.4, 0.5) is 5.82 Å². The molecule has 0 aliphatic heterocycles. The number of hydrogen-bond acceptors (Lipinski definition) is 6. The highest BCUT2D eigenvalue weighted by molar-refractivity contribution is 5.92. The lowest BCUT2D eigenvalue weighted by Crippen LogP contribution is -2.10. The molecule has 4 aromatic rings. The minimum atomic E-state index is 0.0343. The van der Waals surface area contributed by atoms with Gasteiger partial charge in [-0.15, -0.1) is 0 Å². The number of nitrogens with zero attached hydrogens (tertiary/aromatic N) is 3. The van der Waals surface area contributed by atoms with E-state index in [0.29, 0.717) is 23.9 Å². The second-order valence-electron chi connectivity index (χ2n) is 7.05. The predicted molar refractivity (Wildman–Crippen MR) is 118 cm³/mol. The lowest BCUT2D eigenvalue weighted by molar-refractivity contribution is 0.311. The SMILES string of the molecule is CCOc1cc2c(NC(C)c3cccc(-c4cn[nH]c4)c3)nc(C)nc2cc1OC. The van der Waals surface area contributed by atoms with E-state index in [0.717, 1.165) is 33.4 Å². The van der Waals surface area contributed by atoms with Crippen molar-refractivity contribution in [2.45, 2.75) is 26.8 Å². The number of H-pyrrole nitrogens is 1. The number of benzene rings is 2. The zero-order valence-corrected chi connectivity index (χ0v) is 17.6. The molecule has 7 heteroatoms. The van der Waals surface area contributed by atoms with Gasteiger partial charge in [0.1, 0.15) is 11.6 Å². The maximum absolute atomic E-state index is 5.75. The van der Waals surface area contributed by atoms with Gasteiger partial charge in [-0.1, -0.05) is 18.2 Å². The molecule has 2 heterocycles. The summed E-state index contributed by atoms with van der Waals surface area (Å²) in [5, 5.41) is 11.3. The Hall–Kier alpha value is -3.61. The molecular formula is C23H25N5O2. The fourth-order valence-corrected chi connectivity index (χ4v) is 3.48. The molecule has 0 spiro atoms. The summed E-state index contributed by atoms with van der Waals surface area (Å²) in [7, 11) is 1.63. The van der Waals surface area contributed by atoms with E-state index in [1.807, 2.05) is 38.4 Å². The quantitative estimate of drug-likeness (QED) is 0.456. The van der Waals surface area contributed by atoms with Gasteiger partial charge in [0, 0.05) is 29.3 Å². The van der Waals surface area contributed by atoms with E-state index in [9.17, 15) is 0 Å². The summed E-state index contributed by atoms with van der Waals surface area (Å²) in [4.78, 5) is 9.24. The van der Waals surface area contributed by atoms with Gasteiger partial charge < -0.3 is 14.8 Å². The van der Waals surface area contributed by atoms with Crippen LogP contribution in [-0.2, 0) is 0 Å². The normalized spacial score (nSPS) is 12.0. The van der Waals surface area contributed by atoms with E-state index in [2.05, 4.69) is 56.7 Å². The first-order chi connectivity index (χ1) is 14.6. The van der Waals surface area contributed by atoms with Crippen LogP contribution >= 0.6 is 0 Å². The van der Waals surface area contributed by atoms with Crippen molar-refractivity contribution < 1.29 is 9.47 Å². The van der Waals surface area contributed by atoms with Crippen LogP contribution in [0, 0.1) is 6.92 Å². The zero-order valence-electron chi connectivity index (χ0n) is 17.6. The molecule has 30 heavy (non-hydrogen) atoms. The van der Waals surface area contributed by atoms with Gasteiger partial charge in [-0.2, -0.15) is 5.10 Å². The van der Waals surface area contributed by atoms with Crippen LogP contribution in [0.25, 0.3) is 22.0 Å². The van der Waals surface area contributed by atoms with Crippen molar-refractivity contribution in [3.63, 3.8) is 0 Å². The Balaban J connectivity index is 1.71. The Kier molecular flexibility index (Phi) is 5.52. The van der Waals surface area contributed by atoms with E-state index < -0.39 is 0 Å². The molecule has 0 radical (unpaired) electrons. The average molecular weight is 403 g/mol. The van der Waals surface area contributed by atoms with Crippen molar-refractivity contribution >= 4 is 16.7 Å². The number of ether oxygens (including phenoxy) is 2. The van der Waals surface area contributed by atoms with Crippen molar-refractivity contribution in [3.05, 3.63) is 60.2 Å². The molecule has 2 aromatic carbocycles. The van der Waals surface area contributed by atoms with Gasteiger partial charge in [-0.25, -0.2) is 9.97 Å². The summed E-state index contributed by atoms with van der Waals surface area (Å²) in [6.07, 6.45) is 3.71. The number of anilines is 1. The molecule has 1 atom stereocenters. The van der Waals surface area contributed by atoms with Crippen LogP contribution in [0.15, 0.2) is 48.8 Å². The Morgan fingerprint density at radius 2 is 1.97 bits per heavy atom. The standard InChI is InChI=1S/C23H25N5O2/c1-5-30-22-10-19-20(11-21(22)29-4)27-15(3)28-23(19)26-14(2)16-7-6-8-17(9-16)18-12-24-25-13-18/h6-14H,5H2,1-4H3,(H,24,25)(H,26,27,28). The Morgan fingerprint density at radius 1 is 1.10 bits per heavy atom. The molecule has 0 aliphatic rings. The topological polar surface area (TPSA) is 85.0 Å². The molecule has 0 saturated heterocycles. The zero-order chi connectivity index (χ0) is 21.1. The number of methoxy groups -OCH3 is 1. The highest BCUT2D eigenvalue weighted by Crippen LogP contribution is 2.35. The van der Waals surface area contributed by atoms with Crippen LogP contribution in [0.3, 0.4) is 0 Å². The van der Waals surface area contributed by atoms with Gasteiger partial charge in [0.05, 0.1) is 25.4 Å². The van der Waals surface area contributed by atoms with Crippen LogP contribution in [0.2, 0.25) is 0 Å². The number of aromatic nitrogens is 4. The number of rotatable bonds is 7. The maximum atomic E-state index is 5.75. The van der Waals surface area contributed by atoms with Crippen LogP contribution in [0.1, 0.15) is 31.3 Å². The van der Waals surface area contributed by atoms with Crippen molar-refractivity contribution in [1.29, 1.82) is 0 Å². The van der Waals surface area contributed by atoms with E-state index >= 15 is 0 Å². The second-order valence-corrected chi connectivity index (χ2v) is 7.05. The van der Waals surface area contributed by atoms with E-state index in [1.165, 1.54) is 0 Å². The third kappa shape index (κ3) is 3.91. The molecule has 0 amide bonds. The van der Waals surface area contributed by atoms with E-state index in [1.54, 1.807) is 7.11 Å². The second kappa shape index (κ2) is 8.41. The molecule has 154 valence electrons. The Labute approximate surface area is 175 Å². The first-order valence-corrected chi connectivity index (χ1v) is 9.94. The number of aryl methyl sites for hydroxylation is 1. The fraction of sp³-hybridized carbons (Fsp3) is 0.261. The third-order valence-electron chi connectivity index (χ3n) is 4.96.